The van der Waals surface area contributed by atoms with Gasteiger partial charge in [0.2, 0.25) is 0 Å². The Morgan fingerprint density at radius 2 is 2.06 bits per heavy atom. The molecule has 0 saturated carbocycles. The van der Waals surface area contributed by atoms with E-state index in [0.717, 1.165) is 18.4 Å². The first-order valence-corrected chi connectivity index (χ1v) is 6.26. The summed E-state index contributed by atoms with van der Waals surface area (Å²) in [7, 11) is 1.57. The van der Waals surface area contributed by atoms with Crippen molar-refractivity contribution in [3.63, 3.8) is 0 Å². The Morgan fingerprint density at radius 3 is 2.67 bits per heavy atom. The molecule has 0 N–H and O–H groups in total. The highest BCUT2D eigenvalue weighted by Crippen LogP contribution is 2.29. The Kier molecular flexibility index (Phi) is 5.98. The molecular weight excluding hydrogens is 228 g/mol. The molecule has 0 aliphatic heterocycles. The summed E-state index contributed by atoms with van der Waals surface area (Å²) in [6, 6.07) is 5.53. The minimum atomic E-state index is -0.229. The van der Waals surface area contributed by atoms with Crippen molar-refractivity contribution in [3.05, 3.63) is 29.8 Å². The Labute approximate surface area is 108 Å². The standard InChI is InChI=1S/C15H20O3/c1-4-6-8-12-9-10-13(14(11-12)17-3)18-15(16)7-5-2/h6,8-11H,4-5,7H2,1-3H3/b8-6+. The van der Waals surface area contributed by atoms with Gasteiger partial charge in [-0.1, -0.05) is 32.1 Å². The maximum absolute atomic E-state index is 11.4. The first-order chi connectivity index (χ1) is 8.71. The molecule has 18 heavy (non-hydrogen) atoms. The number of carbonyl (C=O) groups excluding carboxylic acids is 1. The van der Waals surface area contributed by atoms with Crippen LogP contribution >= 0.6 is 0 Å². The summed E-state index contributed by atoms with van der Waals surface area (Å²) in [6.07, 6.45) is 6.26. The number of carbonyl (C=O) groups is 1. The monoisotopic (exact) mass is 248 g/mol. The zero-order valence-electron chi connectivity index (χ0n) is 11.2. The van der Waals surface area contributed by atoms with Crippen LogP contribution in [-0.4, -0.2) is 13.1 Å². The average Bonchev–Trinajstić information content (AvgIpc) is 2.37. The number of allylic oxidation sites excluding steroid dienone is 1. The van der Waals surface area contributed by atoms with E-state index in [-0.39, 0.29) is 5.97 Å². The van der Waals surface area contributed by atoms with Gasteiger partial charge >= 0.3 is 5.97 Å². The minimum Gasteiger partial charge on any atom is -0.493 e. The highest BCUT2D eigenvalue weighted by atomic mass is 16.6. The number of hydrogen-bond acceptors (Lipinski definition) is 3. The quantitative estimate of drug-likeness (QED) is 0.567. The van der Waals surface area contributed by atoms with Crippen molar-refractivity contribution in [1.82, 2.24) is 0 Å². The molecule has 3 nitrogen and oxygen atoms in total. The summed E-state index contributed by atoms with van der Waals surface area (Å²) in [5, 5.41) is 0. The van der Waals surface area contributed by atoms with Crippen molar-refractivity contribution in [2.75, 3.05) is 7.11 Å². The number of benzene rings is 1. The number of rotatable bonds is 6. The van der Waals surface area contributed by atoms with E-state index >= 15 is 0 Å². The van der Waals surface area contributed by atoms with Crippen LogP contribution in [-0.2, 0) is 4.79 Å². The zero-order valence-corrected chi connectivity index (χ0v) is 11.2. The fourth-order valence-corrected chi connectivity index (χ4v) is 1.50. The van der Waals surface area contributed by atoms with Crippen LogP contribution in [0.15, 0.2) is 24.3 Å². The highest BCUT2D eigenvalue weighted by Gasteiger charge is 2.09. The predicted molar refractivity (Wildman–Crippen MR) is 72.9 cm³/mol. The molecule has 3 heteroatoms. The van der Waals surface area contributed by atoms with Crippen LogP contribution in [0.1, 0.15) is 38.7 Å². The molecule has 0 spiro atoms. The topological polar surface area (TPSA) is 35.5 Å². The van der Waals surface area contributed by atoms with Crippen molar-refractivity contribution in [2.24, 2.45) is 0 Å². The van der Waals surface area contributed by atoms with Crippen molar-refractivity contribution < 1.29 is 14.3 Å². The average molecular weight is 248 g/mol. The van der Waals surface area contributed by atoms with Gasteiger partial charge in [-0.05, 0) is 30.5 Å². The third kappa shape index (κ3) is 4.24. The molecule has 1 rings (SSSR count). The van der Waals surface area contributed by atoms with Gasteiger partial charge in [-0.25, -0.2) is 0 Å². The molecule has 0 fully saturated rings. The number of ether oxygens (including phenoxy) is 2. The van der Waals surface area contributed by atoms with Crippen molar-refractivity contribution in [2.45, 2.75) is 33.1 Å². The van der Waals surface area contributed by atoms with Gasteiger partial charge in [0.05, 0.1) is 7.11 Å². The van der Waals surface area contributed by atoms with Crippen molar-refractivity contribution in [3.8, 4) is 11.5 Å². The van der Waals surface area contributed by atoms with E-state index in [9.17, 15) is 4.79 Å². The summed E-state index contributed by atoms with van der Waals surface area (Å²) in [6.45, 7) is 4.02. The third-order valence-corrected chi connectivity index (χ3v) is 2.41. The maximum atomic E-state index is 11.4. The number of methoxy groups -OCH3 is 1. The van der Waals surface area contributed by atoms with E-state index in [1.807, 2.05) is 25.1 Å². The lowest BCUT2D eigenvalue weighted by molar-refractivity contribution is -0.134. The second kappa shape index (κ2) is 7.54. The van der Waals surface area contributed by atoms with Crippen LogP contribution in [0.25, 0.3) is 6.08 Å². The lowest BCUT2D eigenvalue weighted by Crippen LogP contribution is -2.07. The fraction of sp³-hybridized carbons (Fsp3) is 0.400. The molecule has 0 radical (unpaired) electrons. The fourth-order valence-electron chi connectivity index (χ4n) is 1.50. The van der Waals surface area contributed by atoms with Gasteiger partial charge in [-0.2, -0.15) is 0 Å². The van der Waals surface area contributed by atoms with Crippen molar-refractivity contribution >= 4 is 12.0 Å². The van der Waals surface area contributed by atoms with Crippen LogP contribution in [0.2, 0.25) is 0 Å². The summed E-state index contributed by atoms with van der Waals surface area (Å²) in [5.74, 6) is 0.829. The third-order valence-electron chi connectivity index (χ3n) is 2.41. The Balaban J connectivity index is 2.86. The van der Waals surface area contributed by atoms with E-state index in [1.165, 1.54) is 0 Å². The molecule has 0 unspecified atom stereocenters. The van der Waals surface area contributed by atoms with Gasteiger partial charge in [0.1, 0.15) is 0 Å². The van der Waals surface area contributed by atoms with Gasteiger partial charge in [-0.3, -0.25) is 4.79 Å². The second-order valence-corrected chi connectivity index (χ2v) is 3.94. The first kappa shape index (κ1) is 14.3. The molecule has 0 aliphatic rings. The Hall–Kier alpha value is -1.77. The van der Waals surface area contributed by atoms with E-state index < -0.39 is 0 Å². The Bertz CT molecular complexity index is 422. The molecule has 0 aromatic heterocycles. The molecule has 0 bridgehead atoms. The molecule has 0 aliphatic carbocycles. The molecular formula is C15H20O3. The van der Waals surface area contributed by atoms with Crippen LogP contribution < -0.4 is 9.47 Å². The van der Waals surface area contributed by atoms with Gasteiger partial charge in [0, 0.05) is 6.42 Å². The van der Waals surface area contributed by atoms with Gasteiger partial charge in [-0.15, -0.1) is 0 Å². The molecule has 0 heterocycles. The number of hydrogen-bond donors (Lipinski definition) is 0. The summed E-state index contributed by atoms with van der Waals surface area (Å²) in [5.41, 5.74) is 1.03. The lowest BCUT2D eigenvalue weighted by Gasteiger charge is -2.09. The van der Waals surface area contributed by atoms with Crippen LogP contribution in [0.4, 0.5) is 0 Å². The van der Waals surface area contributed by atoms with E-state index in [1.54, 1.807) is 13.2 Å². The van der Waals surface area contributed by atoms with E-state index in [4.69, 9.17) is 9.47 Å². The van der Waals surface area contributed by atoms with Gasteiger partial charge in [0.25, 0.3) is 0 Å². The summed E-state index contributed by atoms with van der Waals surface area (Å²) in [4.78, 5) is 11.4. The zero-order chi connectivity index (χ0) is 13.4. The predicted octanol–water partition coefficient (Wildman–Crippen LogP) is 3.82. The maximum Gasteiger partial charge on any atom is 0.311 e. The number of esters is 1. The summed E-state index contributed by atoms with van der Waals surface area (Å²) >= 11 is 0. The largest absolute Gasteiger partial charge is 0.493 e. The van der Waals surface area contributed by atoms with Crippen LogP contribution in [0, 0.1) is 0 Å². The summed E-state index contributed by atoms with van der Waals surface area (Å²) < 4.78 is 10.5. The molecule has 0 saturated heterocycles. The normalized spacial score (nSPS) is 10.6. The Morgan fingerprint density at radius 1 is 1.28 bits per heavy atom. The van der Waals surface area contributed by atoms with Crippen LogP contribution in [0.5, 0.6) is 11.5 Å². The van der Waals surface area contributed by atoms with Crippen LogP contribution in [0.3, 0.4) is 0 Å². The van der Waals surface area contributed by atoms with Gasteiger partial charge < -0.3 is 9.47 Å². The minimum absolute atomic E-state index is 0.229. The van der Waals surface area contributed by atoms with E-state index in [0.29, 0.717) is 17.9 Å². The van der Waals surface area contributed by atoms with E-state index in [2.05, 4.69) is 13.0 Å². The highest BCUT2D eigenvalue weighted by molar-refractivity contribution is 5.73. The molecule has 1 aromatic carbocycles. The molecule has 0 atom stereocenters. The molecule has 1 aromatic rings. The van der Waals surface area contributed by atoms with Crippen molar-refractivity contribution in [1.29, 1.82) is 0 Å². The van der Waals surface area contributed by atoms with Gasteiger partial charge in [0.15, 0.2) is 11.5 Å². The molecule has 98 valence electrons. The molecule has 0 amide bonds. The SMILES string of the molecule is CC/C=C/c1ccc(OC(=O)CCC)c(OC)c1. The lowest BCUT2D eigenvalue weighted by atomic mass is 10.2. The smallest absolute Gasteiger partial charge is 0.311 e. The second-order valence-electron chi connectivity index (χ2n) is 3.94. The first-order valence-electron chi connectivity index (χ1n) is 6.26.